The summed E-state index contributed by atoms with van der Waals surface area (Å²) >= 11 is 0. The van der Waals surface area contributed by atoms with Crippen LogP contribution in [0.15, 0.2) is 24.3 Å². The van der Waals surface area contributed by atoms with Crippen molar-refractivity contribution in [2.45, 2.75) is 104 Å². The van der Waals surface area contributed by atoms with Gasteiger partial charge in [0, 0.05) is 12.1 Å². The van der Waals surface area contributed by atoms with Crippen molar-refractivity contribution in [2.75, 3.05) is 0 Å². The second kappa shape index (κ2) is 12.5. The quantitative estimate of drug-likeness (QED) is 0.480. The lowest BCUT2D eigenvalue weighted by molar-refractivity contribution is -0.145. The summed E-state index contributed by atoms with van der Waals surface area (Å²) in [4.78, 5) is 40.8. The highest BCUT2D eigenvalue weighted by Gasteiger charge is 2.37. The maximum atomic E-state index is 13.6. The predicted molar refractivity (Wildman–Crippen MR) is 129 cm³/mol. The van der Waals surface area contributed by atoms with Crippen LogP contribution in [0, 0.1) is 0 Å². The maximum absolute atomic E-state index is 13.6. The van der Waals surface area contributed by atoms with Gasteiger partial charge in [0.25, 0.3) is 0 Å². The minimum absolute atomic E-state index is 0.0617. The summed E-state index contributed by atoms with van der Waals surface area (Å²) in [5.74, 6) is -0.634. The van der Waals surface area contributed by atoms with Crippen molar-refractivity contribution in [1.82, 2.24) is 15.5 Å². The molecule has 1 aromatic rings. The molecule has 0 spiro atoms. The number of hydrogen-bond donors (Lipinski definition) is 3. The molecule has 0 aliphatic heterocycles. The summed E-state index contributed by atoms with van der Waals surface area (Å²) in [6.45, 7) is 14.6. The molecule has 1 rings (SSSR count). The van der Waals surface area contributed by atoms with Gasteiger partial charge < -0.3 is 25.4 Å². The molecule has 0 heterocycles. The molecule has 0 bridgehead atoms. The number of hydrogen-bond acceptors (Lipinski definition) is 5. The molecule has 8 nitrogen and oxygen atoms in total. The molecule has 0 aromatic heterocycles. The molecular weight excluding hydrogens is 422 g/mol. The van der Waals surface area contributed by atoms with Gasteiger partial charge in [-0.05, 0) is 72.1 Å². The lowest BCUT2D eigenvalue weighted by atomic mass is 9.99. The van der Waals surface area contributed by atoms with Crippen LogP contribution < -0.4 is 10.6 Å². The van der Waals surface area contributed by atoms with Crippen LogP contribution in [0.1, 0.15) is 86.3 Å². The summed E-state index contributed by atoms with van der Waals surface area (Å²) in [6, 6.07) is 4.08. The summed E-state index contributed by atoms with van der Waals surface area (Å²) in [5.41, 5.74) is -0.125. The molecule has 186 valence electrons. The topological polar surface area (TPSA) is 108 Å². The van der Waals surface area contributed by atoms with Gasteiger partial charge >= 0.3 is 6.09 Å². The van der Waals surface area contributed by atoms with E-state index in [-0.39, 0.29) is 23.7 Å². The molecule has 0 aliphatic carbocycles. The van der Waals surface area contributed by atoms with Gasteiger partial charge in [-0.1, -0.05) is 32.4 Å². The van der Waals surface area contributed by atoms with E-state index in [0.29, 0.717) is 12.0 Å². The van der Waals surface area contributed by atoms with E-state index in [9.17, 15) is 19.5 Å². The highest BCUT2D eigenvalue weighted by atomic mass is 16.6. The summed E-state index contributed by atoms with van der Waals surface area (Å²) in [7, 11) is 0. The largest absolute Gasteiger partial charge is 0.508 e. The van der Waals surface area contributed by atoms with Crippen LogP contribution in [0.2, 0.25) is 0 Å². The number of rotatable bonds is 10. The lowest BCUT2D eigenvalue weighted by Gasteiger charge is -2.38. The zero-order valence-electron chi connectivity index (χ0n) is 21.3. The number of alkyl carbamates (subject to hydrolysis) is 1. The SMILES string of the molecule is CCCC(C)NC(=O)C(c1ccc(O)cc1)N(C(=O)C(C)NC(=O)OC(C)(C)C)C(C)CC. The monoisotopic (exact) mass is 463 g/mol. The molecule has 0 fully saturated rings. The number of nitrogens with one attached hydrogen (secondary N) is 2. The Hall–Kier alpha value is -2.77. The Morgan fingerprint density at radius 1 is 1.03 bits per heavy atom. The Kier molecular flexibility index (Phi) is 10.7. The first-order valence-corrected chi connectivity index (χ1v) is 11.7. The fourth-order valence-corrected chi connectivity index (χ4v) is 3.49. The number of carbonyl (C=O) groups excluding carboxylic acids is 3. The van der Waals surface area contributed by atoms with E-state index in [1.54, 1.807) is 39.8 Å². The summed E-state index contributed by atoms with van der Waals surface area (Å²) in [6.07, 6.45) is 1.63. The minimum atomic E-state index is -0.921. The van der Waals surface area contributed by atoms with E-state index >= 15 is 0 Å². The van der Waals surface area contributed by atoms with E-state index in [1.165, 1.54) is 17.0 Å². The fraction of sp³-hybridized carbons (Fsp3) is 0.640. The van der Waals surface area contributed by atoms with Gasteiger partial charge in [-0.2, -0.15) is 0 Å². The van der Waals surface area contributed by atoms with Gasteiger partial charge in [0.15, 0.2) is 0 Å². The third-order valence-corrected chi connectivity index (χ3v) is 5.27. The molecule has 33 heavy (non-hydrogen) atoms. The van der Waals surface area contributed by atoms with E-state index in [2.05, 4.69) is 10.6 Å². The van der Waals surface area contributed by atoms with Gasteiger partial charge in [-0.15, -0.1) is 0 Å². The van der Waals surface area contributed by atoms with Gasteiger partial charge in [0.05, 0.1) is 0 Å². The standard InChI is InChI=1S/C25H41N3O5/c1-9-11-16(3)26-22(30)21(19-12-14-20(29)15-13-19)28(17(4)10-2)23(31)18(5)27-24(32)33-25(6,7)8/h12-18,21,29H,9-11H2,1-8H3,(H,26,30)(H,27,32). The Bertz CT molecular complexity index is 788. The smallest absolute Gasteiger partial charge is 0.408 e. The molecule has 3 amide bonds. The average molecular weight is 464 g/mol. The fourth-order valence-electron chi connectivity index (χ4n) is 3.49. The highest BCUT2D eigenvalue weighted by Crippen LogP contribution is 2.27. The van der Waals surface area contributed by atoms with E-state index in [1.807, 2.05) is 27.7 Å². The zero-order valence-corrected chi connectivity index (χ0v) is 21.3. The van der Waals surface area contributed by atoms with Crippen LogP contribution in [0.5, 0.6) is 5.75 Å². The Morgan fingerprint density at radius 2 is 1.61 bits per heavy atom. The van der Waals surface area contributed by atoms with E-state index in [4.69, 9.17) is 4.74 Å². The van der Waals surface area contributed by atoms with E-state index < -0.39 is 29.7 Å². The molecule has 0 radical (unpaired) electrons. The Labute approximate surface area is 198 Å². The van der Waals surface area contributed by atoms with Crippen molar-refractivity contribution in [3.63, 3.8) is 0 Å². The van der Waals surface area contributed by atoms with Crippen LogP contribution in [0.4, 0.5) is 4.79 Å². The van der Waals surface area contributed by atoms with Crippen LogP contribution in [-0.4, -0.2) is 51.6 Å². The first-order valence-electron chi connectivity index (χ1n) is 11.7. The predicted octanol–water partition coefficient (Wildman–Crippen LogP) is 4.28. The number of nitrogens with zero attached hydrogens (tertiary/aromatic N) is 1. The number of amides is 3. The zero-order chi connectivity index (χ0) is 25.3. The molecule has 4 unspecified atom stereocenters. The second-order valence-electron chi connectivity index (χ2n) is 9.56. The molecule has 8 heteroatoms. The van der Waals surface area contributed by atoms with Crippen LogP contribution in [0.25, 0.3) is 0 Å². The number of phenolic OH excluding ortho intramolecular Hbond substituents is 1. The summed E-state index contributed by atoms with van der Waals surface area (Å²) < 4.78 is 5.28. The van der Waals surface area contributed by atoms with Crippen LogP contribution in [0.3, 0.4) is 0 Å². The molecular formula is C25H41N3O5. The number of aromatic hydroxyl groups is 1. The van der Waals surface area contributed by atoms with Gasteiger partial charge in [-0.25, -0.2) is 4.79 Å². The van der Waals surface area contributed by atoms with Gasteiger partial charge in [-0.3, -0.25) is 9.59 Å². The van der Waals surface area contributed by atoms with Crippen molar-refractivity contribution in [1.29, 1.82) is 0 Å². The number of benzene rings is 1. The van der Waals surface area contributed by atoms with Crippen molar-refractivity contribution < 1.29 is 24.2 Å². The average Bonchev–Trinajstić information content (AvgIpc) is 2.70. The Balaban J connectivity index is 3.33. The summed E-state index contributed by atoms with van der Waals surface area (Å²) in [5, 5.41) is 15.3. The third-order valence-electron chi connectivity index (χ3n) is 5.27. The van der Waals surface area contributed by atoms with Crippen molar-refractivity contribution in [3.8, 4) is 5.75 Å². The molecule has 0 saturated carbocycles. The molecule has 4 atom stereocenters. The van der Waals surface area contributed by atoms with Gasteiger partial charge in [0.2, 0.25) is 11.8 Å². The van der Waals surface area contributed by atoms with Crippen molar-refractivity contribution in [2.24, 2.45) is 0 Å². The van der Waals surface area contributed by atoms with Crippen molar-refractivity contribution in [3.05, 3.63) is 29.8 Å². The lowest BCUT2D eigenvalue weighted by Crippen LogP contribution is -2.55. The second-order valence-corrected chi connectivity index (χ2v) is 9.56. The normalized spacial score (nSPS) is 15.0. The number of phenols is 1. The van der Waals surface area contributed by atoms with Crippen LogP contribution in [-0.2, 0) is 14.3 Å². The maximum Gasteiger partial charge on any atom is 0.408 e. The molecule has 1 aromatic carbocycles. The first-order chi connectivity index (χ1) is 15.3. The number of ether oxygens (including phenoxy) is 1. The molecule has 0 aliphatic rings. The Morgan fingerprint density at radius 3 is 2.09 bits per heavy atom. The van der Waals surface area contributed by atoms with E-state index in [0.717, 1.165) is 12.8 Å². The number of carbonyl (C=O) groups is 3. The first kappa shape index (κ1) is 28.3. The van der Waals surface area contributed by atoms with Crippen LogP contribution >= 0.6 is 0 Å². The van der Waals surface area contributed by atoms with Gasteiger partial charge in [0.1, 0.15) is 23.4 Å². The minimum Gasteiger partial charge on any atom is -0.508 e. The van der Waals surface area contributed by atoms with Crippen molar-refractivity contribution >= 4 is 17.9 Å². The third kappa shape index (κ3) is 8.94. The highest BCUT2D eigenvalue weighted by molar-refractivity contribution is 5.92. The molecule has 0 saturated heterocycles. The molecule has 3 N–H and O–H groups in total.